The van der Waals surface area contributed by atoms with Crippen LogP contribution in [0.1, 0.15) is 32.1 Å². The Hall–Kier alpha value is -3.15. The van der Waals surface area contributed by atoms with Crippen molar-refractivity contribution < 1.29 is 14.1 Å². The molecule has 0 unspecified atom stereocenters. The van der Waals surface area contributed by atoms with E-state index in [1.165, 1.54) is 0 Å². The summed E-state index contributed by atoms with van der Waals surface area (Å²) in [5, 5.41) is 4.02. The van der Waals surface area contributed by atoms with Crippen LogP contribution in [-0.4, -0.2) is 29.7 Å². The van der Waals surface area contributed by atoms with Crippen LogP contribution in [0.2, 0.25) is 0 Å². The zero-order valence-corrected chi connectivity index (χ0v) is 16.3. The van der Waals surface area contributed by atoms with Crippen molar-refractivity contribution >= 4 is 11.6 Å². The van der Waals surface area contributed by atoms with Crippen molar-refractivity contribution in [2.24, 2.45) is 0 Å². The summed E-state index contributed by atoms with van der Waals surface area (Å²) in [5.41, 5.74) is 1.77. The molecule has 2 aromatic carbocycles. The van der Waals surface area contributed by atoms with Crippen molar-refractivity contribution in [3.05, 3.63) is 60.5 Å². The lowest BCUT2D eigenvalue weighted by Gasteiger charge is -2.22. The third kappa shape index (κ3) is 4.97. The van der Waals surface area contributed by atoms with Gasteiger partial charge in [-0.2, -0.15) is 4.98 Å². The fraction of sp³-hybridized carbons (Fsp3) is 0.318. The van der Waals surface area contributed by atoms with E-state index in [0.29, 0.717) is 31.1 Å². The Labute approximate surface area is 165 Å². The molecule has 3 rings (SSSR count). The number of carbonyl (C=O) groups is 1. The number of benzene rings is 2. The Morgan fingerprint density at radius 2 is 1.86 bits per heavy atom. The summed E-state index contributed by atoms with van der Waals surface area (Å²) < 4.78 is 10.5. The monoisotopic (exact) mass is 379 g/mol. The predicted octanol–water partition coefficient (Wildman–Crippen LogP) is 4.51. The van der Waals surface area contributed by atoms with Gasteiger partial charge in [0.25, 0.3) is 0 Å². The van der Waals surface area contributed by atoms with E-state index in [1.54, 1.807) is 7.11 Å². The Morgan fingerprint density at radius 1 is 1.11 bits per heavy atom. The molecule has 0 aliphatic rings. The van der Waals surface area contributed by atoms with Crippen molar-refractivity contribution in [2.45, 2.75) is 32.6 Å². The smallest absolute Gasteiger partial charge is 0.227 e. The third-order valence-electron chi connectivity index (χ3n) is 4.47. The van der Waals surface area contributed by atoms with E-state index in [1.807, 2.05) is 59.5 Å². The summed E-state index contributed by atoms with van der Waals surface area (Å²) in [6.45, 7) is 2.83. The van der Waals surface area contributed by atoms with Crippen LogP contribution in [-0.2, 0) is 11.2 Å². The fourth-order valence-electron chi connectivity index (χ4n) is 2.88. The first-order valence-electron chi connectivity index (χ1n) is 9.53. The Kier molecular flexibility index (Phi) is 6.78. The molecular weight excluding hydrogens is 354 g/mol. The normalized spacial score (nSPS) is 10.6. The van der Waals surface area contributed by atoms with Gasteiger partial charge in [0.15, 0.2) is 0 Å². The number of methoxy groups -OCH3 is 1. The molecular formula is C22H25N3O3. The minimum atomic E-state index is 0.0591. The molecule has 0 aliphatic carbocycles. The van der Waals surface area contributed by atoms with Gasteiger partial charge in [-0.1, -0.05) is 36.7 Å². The lowest BCUT2D eigenvalue weighted by Crippen LogP contribution is -2.32. The second kappa shape index (κ2) is 9.69. The zero-order chi connectivity index (χ0) is 19.8. The van der Waals surface area contributed by atoms with E-state index < -0.39 is 0 Å². The highest BCUT2D eigenvalue weighted by molar-refractivity contribution is 5.93. The molecule has 0 N–H and O–H groups in total. The molecule has 146 valence electrons. The number of unbranched alkanes of at least 4 members (excludes halogenated alkanes) is 1. The predicted molar refractivity (Wildman–Crippen MR) is 108 cm³/mol. The molecule has 0 spiro atoms. The second-order valence-corrected chi connectivity index (χ2v) is 6.47. The summed E-state index contributed by atoms with van der Waals surface area (Å²) in [7, 11) is 1.62. The highest BCUT2D eigenvalue weighted by Gasteiger charge is 2.17. The van der Waals surface area contributed by atoms with Crippen LogP contribution in [0.15, 0.2) is 59.1 Å². The molecule has 0 saturated heterocycles. The van der Waals surface area contributed by atoms with Gasteiger partial charge in [-0.05, 0) is 42.8 Å². The van der Waals surface area contributed by atoms with Gasteiger partial charge in [-0.3, -0.25) is 4.79 Å². The number of aryl methyl sites for hydroxylation is 1. The van der Waals surface area contributed by atoms with Crippen LogP contribution in [0.25, 0.3) is 11.4 Å². The van der Waals surface area contributed by atoms with Crippen molar-refractivity contribution in [2.75, 3.05) is 18.6 Å². The van der Waals surface area contributed by atoms with Crippen LogP contribution in [0, 0.1) is 0 Å². The summed E-state index contributed by atoms with van der Waals surface area (Å²) >= 11 is 0. The van der Waals surface area contributed by atoms with E-state index in [2.05, 4.69) is 17.1 Å². The molecule has 0 bridgehead atoms. The molecule has 0 fully saturated rings. The summed E-state index contributed by atoms with van der Waals surface area (Å²) in [4.78, 5) is 19.0. The average Bonchev–Trinajstić information content (AvgIpc) is 3.22. The van der Waals surface area contributed by atoms with Crippen molar-refractivity contribution in [1.82, 2.24) is 10.1 Å². The largest absolute Gasteiger partial charge is 0.497 e. The number of aromatic nitrogens is 2. The van der Waals surface area contributed by atoms with Crippen LogP contribution >= 0.6 is 0 Å². The first-order chi connectivity index (χ1) is 13.7. The van der Waals surface area contributed by atoms with Gasteiger partial charge in [0.05, 0.1) is 7.11 Å². The molecule has 3 aromatic rings. The third-order valence-corrected chi connectivity index (χ3v) is 4.47. The van der Waals surface area contributed by atoms with Crippen molar-refractivity contribution in [3.63, 3.8) is 0 Å². The van der Waals surface area contributed by atoms with E-state index in [-0.39, 0.29) is 5.91 Å². The van der Waals surface area contributed by atoms with Crippen molar-refractivity contribution in [1.29, 1.82) is 0 Å². The summed E-state index contributed by atoms with van der Waals surface area (Å²) in [5.74, 6) is 1.80. The maximum absolute atomic E-state index is 12.8. The SMILES string of the molecule is CCCCN(C(=O)CCc1nc(-c2ccc(OC)cc2)no1)c1ccccc1. The number of amides is 1. The molecule has 0 aliphatic heterocycles. The Morgan fingerprint density at radius 3 is 2.54 bits per heavy atom. The van der Waals surface area contributed by atoms with Gasteiger partial charge in [0, 0.05) is 30.6 Å². The molecule has 6 nitrogen and oxygen atoms in total. The number of hydrogen-bond acceptors (Lipinski definition) is 5. The molecule has 1 aromatic heterocycles. The first-order valence-corrected chi connectivity index (χ1v) is 9.53. The quantitative estimate of drug-likeness (QED) is 0.547. The maximum atomic E-state index is 12.8. The van der Waals surface area contributed by atoms with Crippen LogP contribution in [0.4, 0.5) is 5.69 Å². The number of hydrogen-bond donors (Lipinski definition) is 0. The highest BCUT2D eigenvalue weighted by Crippen LogP contribution is 2.21. The molecule has 0 radical (unpaired) electrons. The summed E-state index contributed by atoms with van der Waals surface area (Å²) in [6, 6.07) is 17.2. The number of rotatable bonds is 9. The molecule has 1 heterocycles. The Bertz CT molecular complexity index is 876. The fourth-order valence-corrected chi connectivity index (χ4v) is 2.88. The van der Waals surface area contributed by atoms with Crippen LogP contribution in [0.5, 0.6) is 5.75 Å². The molecule has 1 amide bonds. The Balaban J connectivity index is 1.63. The molecule has 0 atom stereocenters. The minimum Gasteiger partial charge on any atom is -0.497 e. The van der Waals surface area contributed by atoms with E-state index in [0.717, 1.165) is 29.8 Å². The lowest BCUT2D eigenvalue weighted by atomic mass is 10.2. The topological polar surface area (TPSA) is 68.5 Å². The lowest BCUT2D eigenvalue weighted by molar-refractivity contribution is -0.118. The van der Waals surface area contributed by atoms with E-state index >= 15 is 0 Å². The standard InChI is InChI=1S/C22H25N3O3/c1-3-4-16-25(18-8-6-5-7-9-18)21(26)15-14-20-23-22(24-28-20)17-10-12-19(27-2)13-11-17/h5-13H,3-4,14-16H2,1-2H3. The number of ether oxygens (including phenoxy) is 1. The number of anilines is 1. The minimum absolute atomic E-state index is 0.0591. The number of carbonyl (C=O) groups excluding carboxylic acids is 1. The molecule has 0 saturated carbocycles. The second-order valence-electron chi connectivity index (χ2n) is 6.47. The number of nitrogens with zero attached hydrogens (tertiary/aromatic N) is 3. The maximum Gasteiger partial charge on any atom is 0.227 e. The summed E-state index contributed by atoms with van der Waals surface area (Å²) in [6.07, 6.45) is 2.73. The van der Waals surface area contributed by atoms with Crippen molar-refractivity contribution in [3.8, 4) is 17.1 Å². The van der Waals surface area contributed by atoms with E-state index in [9.17, 15) is 4.79 Å². The zero-order valence-electron chi connectivity index (χ0n) is 16.3. The van der Waals surface area contributed by atoms with Gasteiger partial charge in [0.2, 0.25) is 17.6 Å². The van der Waals surface area contributed by atoms with Gasteiger partial charge < -0.3 is 14.2 Å². The van der Waals surface area contributed by atoms with E-state index in [4.69, 9.17) is 9.26 Å². The van der Waals surface area contributed by atoms with Gasteiger partial charge in [-0.25, -0.2) is 0 Å². The number of para-hydroxylation sites is 1. The average molecular weight is 379 g/mol. The first kappa shape index (κ1) is 19.6. The highest BCUT2D eigenvalue weighted by atomic mass is 16.5. The molecule has 28 heavy (non-hydrogen) atoms. The van der Waals surface area contributed by atoms with Crippen LogP contribution < -0.4 is 9.64 Å². The van der Waals surface area contributed by atoms with Gasteiger partial charge in [-0.15, -0.1) is 0 Å². The van der Waals surface area contributed by atoms with Gasteiger partial charge >= 0.3 is 0 Å². The molecule has 6 heteroatoms. The van der Waals surface area contributed by atoms with Gasteiger partial charge in [0.1, 0.15) is 5.75 Å². The van der Waals surface area contributed by atoms with Crippen LogP contribution in [0.3, 0.4) is 0 Å².